The second kappa shape index (κ2) is 6.08. The Kier molecular flexibility index (Phi) is 5.03. The lowest BCUT2D eigenvalue weighted by Gasteiger charge is -2.01. The Hall–Kier alpha value is -0.990. The molecule has 0 saturated carbocycles. The van der Waals surface area contributed by atoms with E-state index in [2.05, 4.69) is 5.32 Å². The van der Waals surface area contributed by atoms with Crippen LogP contribution in [0.2, 0.25) is 0 Å². The van der Waals surface area contributed by atoms with E-state index in [1.165, 1.54) is 12.3 Å². The molecule has 96 valence electrons. The maximum absolute atomic E-state index is 10.8. The number of nitro groups is 1. The van der Waals surface area contributed by atoms with Crippen LogP contribution in [0.4, 0.5) is 5.00 Å². The van der Waals surface area contributed by atoms with Gasteiger partial charge in [0, 0.05) is 23.7 Å². The molecule has 8 heteroatoms. The first-order valence-electron chi connectivity index (χ1n) is 5.00. The number of hydrogen-bond acceptors (Lipinski definition) is 6. The van der Waals surface area contributed by atoms with E-state index in [1.807, 2.05) is 0 Å². The quantitative estimate of drug-likeness (QED) is 0.459. The van der Waals surface area contributed by atoms with Gasteiger partial charge in [-0.1, -0.05) is 11.3 Å². The van der Waals surface area contributed by atoms with Gasteiger partial charge in [0.25, 0.3) is 0 Å². The van der Waals surface area contributed by atoms with Gasteiger partial charge in [-0.25, -0.2) is 8.42 Å². The molecule has 0 atom stereocenters. The van der Waals surface area contributed by atoms with Crippen LogP contribution in [-0.4, -0.2) is 31.9 Å². The molecule has 0 saturated heterocycles. The fourth-order valence-corrected chi connectivity index (χ4v) is 2.69. The molecule has 0 fully saturated rings. The number of sulfone groups is 1. The van der Waals surface area contributed by atoms with E-state index in [1.54, 1.807) is 6.07 Å². The zero-order chi connectivity index (χ0) is 12.9. The lowest BCUT2D eigenvalue weighted by molar-refractivity contribution is -0.380. The molecule has 1 heterocycles. The van der Waals surface area contributed by atoms with Gasteiger partial charge in [-0.15, -0.1) is 0 Å². The first-order chi connectivity index (χ1) is 7.88. The van der Waals surface area contributed by atoms with Crippen molar-refractivity contribution in [2.75, 3.05) is 18.6 Å². The standard InChI is InChI=1S/C9H14N2O4S2/c1-17(14,15)6-2-5-10-7-8-3-4-9(16-8)11(12)13/h3-4,10H,2,5-7H2,1H3. The van der Waals surface area contributed by atoms with Gasteiger partial charge in [-0.3, -0.25) is 10.1 Å². The van der Waals surface area contributed by atoms with Gasteiger partial charge < -0.3 is 5.32 Å². The average Bonchev–Trinajstić information content (AvgIpc) is 2.64. The van der Waals surface area contributed by atoms with Crippen molar-refractivity contribution in [3.63, 3.8) is 0 Å². The predicted molar refractivity (Wildman–Crippen MR) is 67.0 cm³/mol. The molecule has 0 aliphatic rings. The predicted octanol–water partition coefficient (Wildman–Crippen LogP) is 1.18. The average molecular weight is 278 g/mol. The summed E-state index contributed by atoms with van der Waals surface area (Å²) in [4.78, 5) is 10.9. The van der Waals surface area contributed by atoms with Crippen LogP contribution in [0.3, 0.4) is 0 Å². The molecule has 0 radical (unpaired) electrons. The summed E-state index contributed by atoms with van der Waals surface area (Å²) in [6.07, 6.45) is 1.75. The number of rotatable bonds is 7. The number of hydrogen-bond donors (Lipinski definition) is 1. The minimum absolute atomic E-state index is 0.123. The molecular weight excluding hydrogens is 264 g/mol. The molecule has 0 aliphatic heterocycles. The Morgan fingerprint density at radius 3 is 2.71 bits per heavy atom. The third-order valence-corrected chi connectivity index (χ3v) is 4.06. The highest BCUT2D eigenvalue weighted by Crippen LogP contribution is 2.23. The summed E-state index contributed by atoms with van der Waals surface area (Å²) in [6.45, 7) is 1.11. The highest BCUT2D eigenvalue weighted by Gasteiger charge is 2.09. The normalized spacial score (nSPS) is 11.6. The summed E-state index contributed by atoms with van der Waals surface area (Å²) in [5, 5.41) is 13.6. The summed E-state index contributed by atoms with van der Waals surface area (Å²) >= 11 is 1.12. The van der Waals surface area contributed by atoms with Crippen LogP contribution in [0.5, 0.6) is 0 Å². The molecule has 0 aliphatic carbocycles. The Morgan fingerprint density at radius 1 is 1.47 bits per heavy atom. The van der Waals surface area contributed by atoms with E-state index in [4.69, 9.17) is 0 Å². The van der Waals surface area contributed by atoms with Crippen molar-refractivity contribution in [1.82, 2.24) is 5.32 Å². The number of thiophene rings is 1. The summed E-state index contributed by atoms with van der Waals surface area (Å²) in [7, 11) is -2.90. The molecule has 0 amide bonds. The summed E-state index contributed by atoms with van der Waals surface area (Å²) in [6, 6.07) is 3.17. The fraction of sp³-hybridized carbons (Fsp3) is 0.556. The summed E-state index contributed by atoms with van der Waals surface area (Å²) in [5.74, 6) is 0.157. The Bertz CT molecular complexity index is 481. The third-order valence-electron chi connectivity index (χ3n) is 2.00. The molecule has 1 aromatic heterocycles. The van der Waals surface area contributed by atoms with Crippen LogP contribution >= 0.6 is 11.3 Å². The molecule has 1 N–H and O–H groups in total. The Balaban J connectivity index is 2.24. The molecule has 0 aromatic carbocycles. The van der Waals surface area contributed by atoms with Gasteiger partial charge in [-0.2, -0.15) is 0 Å². The third kappa shape index (κ3) is 5.76. The van der Waals surface area contributed by atoms with Crippen molar-refractivity contribution >= 4 is 26.2 Å². The first kappa shape index (κ1) is 14.1. The summed E-state index contributed by atoms with van der Waals surface area (Å²) < 4.78 is 21.7. The minimum Gasteiger partial charge on any atom is -0.312 e. The van der Waals surface area contributed by atoms with E-state index in [0.29, 0.717) is 19.5 Å². The smallest absolute Gasteiger partial charge is 0.312 e. The van der Waals surface area contributed by atoms with Crippen LogP contribution in [-0.2, 0) is 16.4 Å². The largest absolute Gasteiger partial charge is 0.324 e. The Morgan fingerprint density at radius 2 is 2.18 bits per heavy atom. The van der Waals surface area contributed by atoms with Gasteiger partial charge in [0.2, 0.25) is 0 Å². The molecule has 17 heavy (non-hydrogen) atoms. The van der Waals surface area contributed by atoms with Gasteiger partial charge in [-0.05, 0) is 19.0 Å². The summed E-state index contributed by atoms with van der Waals surface area (Å²) in [5.41, 5.74) is 0. The van der Waals surface area contributed by atoms with Crippen molar-refractivity contribution in [3.05, 3.63) is 27.1 Å². The van der Waals surface area contributed by atoms with Crippen LogP contribution in [0.25, 0.3) is 0 Å². The van der Waals surface area contributed by atoms with Gasteiger partial charge in [0.15, 0.2) is 0 Å². The number of nitrogens with zero attached hydrogens (tertiary/aromatic N) is 1. The SMILES string of the molecule is CS(=O)(=O)CCCNCc1ccc([N+](=O)[O-])s1. The van der Waals surface area contributed by atoms with Crippen molar-refractivity contribution in [3.8, 4) is 0 Å². The second-order valence-corrected chi connectivity index (χ2v) is 7.06. The number of nitrogens with one attached hydrogen (secondary N) is 1. The zero-order valence-corrected chi connectivity index (χ0v) is 11.0. The second-order valence-electron chi connectivity index (χ2n) is 3.66. The van der Waals surface area contributed by atoms with Crippen LogP contribution < -0.4 is 5.32 Å². The van der Waals surface area contributed by atoms with Crippen molar-refractivity contribution in [2.24, 2.45) is 0 Å². The van der Waals surface area contributed by atoms with E-state index < -0.39 is 14.8 Å². The van der Waals surface area contributed by atoms with Crippen LogP contribution in [0.15, 0.2) is 12.1 Å². The van der Waals surface area contributed by atoms with E-state index in [-0.39, 0.29) is 10.8 Å². The molecular formula is C9H14N2O4S2. The maximum Gasteiger partial charge on any atom is 0.324 e. The van der Waals surface area contributed by atoms with Crippen molar-refractivity contribution in [1.29, 1.82) is 0 Å². The Labute approximate surface area is 104 Å². The molecule has 6 nitrogen and oxygen atoms in total. The molecule has 1 aromatic rings. The first-order valence-corrected chi connectivity index (χ1v) is 7.88. The van der Waals surface area contributed by atoms with E-state index in [9.17, 15) is 18.5 Å². The lowest BCUT2D eigenvalue weighted by Crippen LogP contribution is -2.17. The van der Waals surface area contributed by atoms with E-state index >= 15 is 0 Å². The highest BCUT2D eigenvalue weighted by molar-refractivity contribution is 7.90. The topological polar surface area (TPSA) is 89.3 Å². The fourth-order valence-electron chi connectivity index (χ4n) is 1.23. The molecule has 0 bridgehead atoms. The van der Waals surface area contributed by atoms with Gasteiger partial charge >= 0.3 is 5.00 Å². The lowest BCUT2D eigenvalue weighted by atomic mass is 10.4. The van der Waals surface area contributed by atoms with Crippen molar-refractivity contribution in [2.45, 2.75) is 13.0 Å². The zero-order valence-electron chi connectivity index (χ0n) is 9.38. The van der Waals surface area contributed by atoms with Crippen LogP contribution in [0, 0.1) is 10.1 Å². The van der Waals surface area contributed by atoms with Gasteiger partial charge in [0.1, 0.15) is 9.84 Å². The monoisotopic (exact) mass is 278 g/mol. The van der Waals surface area contributed by atoms with Crippen molar-refractivity contribution < 1.29 is 13.3 Å². The molecule has 1 rings (SSSR count). The maximum atomic E-state index is 10.8. The van der Waals surface area contributed by atoms with Gasteiger partial charge in [0.05, 0.1) is 10.7 Å². The molecule has 0 unspecified atom stereocenters. The van der Waals surface area contributed by atoms with Crippen LogP contribution in [0.1, 0.15) is 11.3 Å². The van der Waals surface area contributed by atoms with E-state index in [0.717, 1.165) is 16.2 Å². The molecule has 0 spiro atoms. The highest BCUT2D eigenvalue weighted by atomic mass is 32.2. The minimum atomic E-state index is -2.90.